The molecule has 0 fully saturated rings. The van der Waals surface area contributed by atoms with E-state index in [9.17, 15) is 0 Å². The third-order valence-electron chi connectivity index (χ3n) is 16.7. The van der Waals surface area contributed by atoms with Gasteiger partial charge in [-0.25, -0.2) is 0 Å². The molecule has 2 aromatic heterocycles. The number of hydrogen-bond acceptors (Lipinski definition) is 1. The molecule has 0 bridgehead atoms. The van der Waals surface area contributed by atoms with Crippen LogP contribution in [0.5, 0.6) is 0 Å². The molecule has 0 saturated heterocycles. The number of anilines is 3. The third-order valence-corrected chi connectivity index (χ3v) is 16.7. The molecule has 4 heterocycles. The predicted octanol–water partition coefficient (Wildman–Crippen LogP) is 16.1. The van der Waals surface area contributed by atoms with Gasteiger partial charge >= 0.3 is 0 Å². The van der Waals surface area contributed by atoms with Gasteiger partial charge in [-0.3, -0.25) is 0 Å². The van der Waals surface area contributed by atoms with Crippen LogP contribution in [0.2, 0.25) is 0 Å². The van der Waals surface area contributed by atoms with Gasteiger partial charge in [0, 0.05) is 55.1 Å². The molecule has 0 amide bonds. The molecule has 10 aromatic carbocycles. The molecule has 2 aliphatic heterocycles. The molecule has 14 rings (SSSR count). The van der Waals surface area contributed by atoms with Crippen LogP contribution >= 0.6 is 0 Å². The van der Waals surface area contributed by atoms with Crippen LogP contribution in [-0.2, 0) is 10.8 Å². The molecule has 12 aromatic rings. The number of nitrogens with zero attached hydrogens (tertiary/aromatic N) is 3. The fraction of sp³-hybridized carbons (Fsp3) is 0.130. The standard InChI is InChI=1S/C69H56BN3/c1-43-57(71-59-33-18-14-27-50(59)51-28-15-19-34-60(51)71)39-37-55-64(43)69(6,7)54-41-47(68(3,4)5)42-63-65(54)70(55)56-38-40-58(72-61-35-20-16-29-52(61)53-30-17-21-36-62(53)72)44(2)66(56)73(63)67-48(45-23-10-8-11-24-45)31-22-32-49(67)46-25-12-9-13-26-46/h8-42H,1-7H3. The Balaban J connectivity index is 1.14. The highest BCUT2D eigenvalue weighted by molar-refractivity contribution is 6.99. The van der Waals surface area contributed by atoms with Gasteiger partial charge in [0.05, 0.1) is 33.4 Å². The summed E-state index contributed by atoms with van der Waals surface area (Å²) in [6.45, 7) is 16.9. The summed E-state index contributed by atoms with van der Waals surface area (Å²) in [4.78, 5) is 2.72. The van der Waals surface area contributed by atoms with Crippen LogP contribution in [0.25, 0.3) is 77.2 Å². The molecule has 4 heteroatoms. The van der Waals surface area contributed by atoms with Gasteiger partial charge in [-0.1, -0.05) is 210 Å². The van der Waals surface area contributed by atoms with Crippen molar-refractivity contribution in [1.29, 1.82) is 0 Å². The number of fused-ring (bicyclic) bond motifs is 10. The van der Waals surface area contributed by atoms with Crippen LogP contribution in [-0.4, -0.2) is 15.8 Å². The number of aromatic nitrogens is 2. The normalized spacial score (nSPS) is 13.7. The van der Waals surface area contributed by atoms with Gasteiger partial charge in [0.2, 0.25) is 6.71 Å². The van der Waals surface area contributed by atoms with Crippen LogP contribution in [0.15, 0.2) is 212 Å². The second-order valence-electron chi connectivity index (χ2n) is 22.1. The minimum Gasteiger partial charge on any atom is -0.310 e. The Labute approximate surface area is 428 Å². The van der Waals surface area contributed by atoms with E-state index in [2.05, 4.69) is 275 Å². The van der Waals surface area contributed by atoms with Crippen molar-refractivity contribution < 1.29 is 0 Å². The van der Waals surface area contributed by atoms with Crippen molar-refractivity contribution in [3.63, 3.8) is 0 Å². The van der Waals surface area contributed by atoms with Crippen LogP contribution in [0.1, 0.15) is 62.4 Å². The molecule has 0 spiro atoms. The Morgan fingerprint density at radius 2 is 0.849 bits per heavy atom. The lowest BCUT2D eigenvalue weighted by molar-refractivity contribution is 0.582. The maximum Gasteiger partial charge on any atom is 0.247 e. The van der Waals surface area contributed by atoms with E-state index in [-0.39, 0.29) is 17.5 Å². The molecule has 3 nitrogen and oxygen atoms in total. The van der Waals surface area contributed by atoms with E-state index in [0.29, 0.717) is 0 Å². The predicted molar refractivity (Wildman–Crippen MR) is 312 cm³/mol. The monoisotopic (exact) mass is 937 g/mol. The van der Waals surface area contributed by atoms with Crippen LogP contribution < -0.4 is 21.3 Å². The lowest BCUT2D eigenvalue weighted by Crippen LogP contribution is -2.64. The zero-order chi connectivity index (χ0) is 49.5. The van der Waals surface area contributed by atoms with E-state index in [1.807, 2.05) is 0 Å². The summed E-state index contributed by atoms with van der Waals surface area (Å²) in [5, 5.41) is 5.08. The summed E-state index contributed by atoms with van der Waals surface area (Å²) in [5.74, 6) is 0. The van der Waals surface area contributed by atoms with E-state index in [1.54, 1.807) is 0 Å². The summed E-state index contributed by atoms with van der Waals surface area (Å²) in [6.07, 6.45) is 0. The summed E-state index contributed by atoms with van der Waals surface area (Å²) >= 11 is 0. The van der Waals surface area contributed by atoms with Crippen LogP contribution in [0, 0.1) is 13.8 Å². The first-order valence-corrected chi connectivity index (χ1v) is 26.0. The van der Waals surface area contributed by atoms with Crippen molar-refractivity contribution in [1.82, 2.24) is 9.13 Å². The zero-order valence-corrected chi connectivity index (χ0v) is 42.6. The van der Waals surface area contributed by atoms with Crippen molar-refractivity contribution in [2.24, 2.45) is 0 Å². The summed E-state index contributed by atoms with van der Waals surface area (Å²) in [5.41, 5.74) is 26.1. The quantitative estimate of drug-likeness (QED) is 0.157. The highest BCUT2D eigenvalue weighted by atomic mass is 15.2. The Kier molecular flexibility index (Phi) is 9.42. The first kappa shape index (κ1) is 43.5. The second-order valence-corrected chi connectivity index (χ2v) is 22.1. The average Bonchev–Trinajstić information content (AvgIpc) is 3.93. The molecule has 2 aliphatic rings. The van der Waals surface area contributed by atoms with Crippen LogP contribution in [0.4, 0.5) is 17.1 Å². The smallest absolute Gasteiger partial charge is 0.247 e. The maximum absolute atomic E-state index is 2.72. The first-order chi connectivity index (χ1) is 35.5. The van der Waals surface area contributed by atoms with Gasteiger partial charge in [0.25, 0.3) is 0 Å². The molecule has 0 radical (unpaired) electrons. The Hall–Kier alpha value is -8.34. The Bertz CT molecular complexity index is 4080. The van der Waals surface area contributed by atoms with Crippen molar-refractivity contribution >= 4 is 83.8 Å². The van der Waals surface area contributed by atoms with Gasteiger partial charge in [-0.2, -0.15) is 0 Å². The molecule has 0 unspecified atom stereocenters. The van der Waals surface area contributed by atoms with E-state index in [1.165, 1.54) is 139 Å². The zero-order valence-electron chi connectivity index (χ0n) is 42.6. The van der Waals surface area contributed by atoms with E-state index in [0.717, 1.165) is 0 Å². The number of hydrogen-bond donors (Lipinski definition) is 0. The van der Waals surface area contributed by atoms with Gasteiger partial charge in [0.15, 0.2) is 0 Å². The van der Waals surface area contributed by atoms with E-state index in [4.69, 9.17) is 0 Å². The average molecular weight is 938 g/mol. The molecule has 73 heavy (non-hydrogen) atoms. The number of rotatable bonds is 5. The van der Waals surface area contributed by atoms with Gasteiger partial charge in [-0.05, 0) is 112 Å². The largest absolute Gasteiger partial charge is 0.310 e. The second kappa shape index (κ2) is 15.8. The number of para-hydroxylation sites is 5. The van der Waals surface area contributed by atoms with Crippen molar-refractivity contribution in [3.05, 3.63) is 240 Å². The molecule has 0 atom stereocenters. The van der Waals surface area contributed by atoms with E-state index >= 15 is 0 Å². The topological polar surface area (TPSA) is 13.1 Å². The van der Waals surface area contributed by atoms with Gasteiger partial charge in [-0.15, -0.1) is 0 Å². The molecular weight excluding hydrogens is 882 g/mol. The molecular formula is C69H56BN3. The molecule has 0 saturated carbocycles. The highest BCUT2D eigenvalue weighted by Crippen LogP contribution is 2.52. The Morgan fingerprint density at radius 3 is 1.33 bits per heavy atom. The maximum atomic E-state index is 2.72. The van der Waals surface area contributed by atoms with Crippen molar-refractivity contribution in [3.8, 4) is 33.6 Å². The number of benzene rings is 10. The third kappa shape index (κ3) is 6.20. The van der Waals surface area contributed by atoms with Gasteiger partial charge in [0.1, 0.15) is 0 Å². The Morgan fingerprint density at radius 1 is 0.411 bits per heavy atom. The minimum atomic E-state index is -0.363. The fourth-order valence-electron chi connectivity index (χ4n) is 13.4. The lowest BCUT2D eigenvalue weighted by Gasteiger charge is -2.48. The summed E-state index contributed by atoms with van der Waals surface area (Å²) < 4.78 is 5.04. The molecule has 0 aliphatic carbocycles. The van der Waals surface area contributed by atoms with Gasteiger partial charge < -0.3 is 14.0 Å². The molecule has 350 valence electrons. The minimum absolute atomic E-state index is 0.0332. The van der Waals surface area contributed by atoms with Crippen molar-refractivity contribution in [2.75, 3.05) is 4.90 Å². The summed E-state index contributed by atoms with van der Waals surface area (Å²) in [7, 11) is 0. The highest BCUT2D eigenvalue weighted by Gasteiger charge is 2.49. The van der Waals surface area contributed by atoms with Crippen molar-refractivity contribution in [2.45, 2.75) is 59.3 Å². The van der Waals surface area contributed by atoms with E-state index < -0.39 is 0 Å². The SMILES string of the molecule is Cc1c(-n2c3ccccc3c3ccccc32)ccc2c1N(c1c(-c3ccccc3)cccc1-c1ccccc1)c1cc(C(C)(C)C)cc3c1B2c1ccc(-n2c4ccccc4c4ccccc42)c(C)c1C3(C)C. The fourth-order valence-corrected chi connectivity index (χ4v) is 13.4. The summed E-state index contributed by atoms with van der Waals surface area (Å²) in [6, 6.07) is 79.7. The van der Waals surface area contributed by atoms with Crippen LogP contribution in [0.3, 0.4) is 0 Å². The first-order valence-electron chi connectivity index (χ1n) is 26.0. The molecule has 0 N–H and O–H groups in total. The lowest BCUT2D eigenvalue weighted by atomic mass is 9.29.